The van der Waals surface area contributed by atoms with Crippen molar-refractivity contribution in [2.24, 2.45) is 0 Å². The first-order valence-electron chi connectivity index (χ1n) is 6.06. The first kappa shape index (κ1) is 16.9. The molecule has 0 saturated heterocycles. The zero-order valence-corrected chi connectivity index (χ0v) is 12.1. The van der Waals surface area contributed by atoms with E-state index in [1.165, 1.54) is 6.07 Å². The Labute approximate surface area is 122 Å². The Bertz CT molecular complexity index is 641. The van der Waals surface area contributed by atoms with Gasteiger partial charge in [-0.2, -0.15) is 0 Å². The summed E-state index contributed by atoms with van der Waals surface area (Å²) in [6.45, 7) is 1.65. The number of nitrogens with two attached hydrogens (primary N) is 1. The zero-order chi connectivity index (χ0) is 16.0. The van der Waals surface area contributed by atoms with Crippen LogP contribution in [0, 0.1) is 0 Å². The molecular weight excluding hydrogens is 300 g/mol. The number of sulfonamides is 1. The molecule has 0 amide bonds. The minimum atomic E-state index is -4.06. The summed E-state index contributed by atoms with van der Waals surface area (Å²) in [6, 6.07) is 3.44. The lowest BCUT2D eigenvalue weighted by atomic mass is 10.2. The second-order valence-electron chi connectivity index (χ2n) is 4.01. The maximum absolute atomic E-state index is 12.0. The second-order valence-corrected chi connectivity index (χ2v) is 5.75. The van der Waals surface area contributed by atoms with Crippen LogP contribution in [0.5, 0.6) is 0 Å². The van der Waals surface area contributed by atoms with Crippen LogP contribution in [-0.4, -0.2) is 38.6 Å². The average molecular weight is 316 g/mol. The van der Waals surface area contributed by atoms with Crippen molar-refractivity contribution in [2.75, 3.05) is 18.9 Å². The number of carboxylic acids is 1. The molecule has 8 nitrogen and oxygen atoms in total. The third kappa shape index (κ3) is 4.72. The molecule has 0 radical (unpaired) electrons. The molecular formula is C12H16N2O6S. The Morgan fingerprint density at radius 2 is 2.05 bits per heavy atom. The standard InChI is InChI=1S/C12H16N2O6S/c1-2-20-11(15)5-6-14-21(18,19)10-4-3-8(13)7-9(10)12(16)17/h3-4,7,14H,2,5-6,13H2,1H3,(H,16,17). The van der Waals surface area contributed by atoms with E-state index in [1.807, 2.05) is 0 Å². The van der Waals surface area contributed by atoms with E-state index in [4.69, 9.17) is 10.8 Å². The van der Waals surface area contributed by atoms with Crippen LogP contribution in [0.25, 0.3) is 0 Å². The molecule has 0 unspecified atom stereocenters. The Morgan fingerprint density at radius 1 is 1.38 bits per heavy atom. The number of nitrogens with one attached hydrogen (secondary N) is 1. The summed E-state index contributed by atoms with van der Waals surface area (Å²) in [5.41, 5.74) is 5.15. The number of carboxylic acid groups (broad SMARTS) is 1. The highest BCUT2D eigenvalue weighted by atomic mass is 32.2. The topological polar surface area (TPSA) is 136 Å². The molecule has 0 heterocycles. The van der Waals surface area contributed by atoms with Gasteiger partial charge >= 0.3 is 11.9 Å². The van der Waals surface area contributed by atoms with Gasteiger partial charge in [-0.1, -0.05) is 0 Å². The highest BCUT2D eigenvalue weighted by Gasteiger charge is 2.22. The molecule has 9 heteroatoms. The highest BCUT2D eigenvalue weighted by molar-refractivity contribution is 7.89. The fourth-order valence-corrected chi connectivity index (χ4v) is 2.76. The molecule has 0 aliphatic rings. The van der Waals surface area contributed by atoms with Gasteiger partial charge in [0.2, 0.25) is 10.0 Å². The SMILES string of the molecule is CCOC(=O)CCNS(=O)(=O)c1ccc(N)cc1C(=O)O. The van der Waals surface area contributed by atoms with Crippen LogP contribution in [0.1, 0.15) is 23.7 Å². The highest BCUT2D eigenvalue weighted by Crippen LogP contribution is 2.18. The molecule has 0 atom stereocenters. The summed E-state index contributed by atoms with van der Waals surface area (Å²) < 4.78 is 30.9. The number of anilines is 1. The van der Waals surface area contributed by atoms with Crippen LogP contribution in [0.4, 0.5) is 5.69 Å². The molecule has 116 valence electrons. The van der Waals surface area contributed by atoms with Gasteiger partial charge in [-0.15, -0.1) is 0 Å². The molecule has 0 aliphatic carbocycles. The number of nitrogen functional groups attached to an aromatic ring is 1. The van der Waals surface area contributed by atoms with Gasteiger partial charge in [-0.05, 0) is 25.1 Å². The molecule has 0 aromatic heterocycles. The van der Waals surface area contributed by atoms with Gasteiger partial charge in [0.1, 0.15) is 0 Å². The lowest BCUT2D eigenvalue weighted by Crippen LogP contribution is -2.28. The van der Waals surface area contributed by atoms with Crippen LogP contribution < -0.4 is 10.5 Å². The maximum Gasteiger partial charge on any atom is 0.337 e. The van der Waals surface area contributed by atoms with Gasteiger partial charge in [0, 0.05) is 12.2 Å². The van der Waals surface area contributed by atoms with Crippen LogP contribution in [0.15, 0.2) is 23.1 Å². The van der Waals surface area contributed by atoms with Gasteiger partial charge in [0.15, 0.2) is 0 Å². The molecule has 0 aliphatic heterocycles. The summed E-state index contributed by atoms with van der Waals surface area (Å²) in [6.07, 6.45) is -0.148. The first-order valence-corrected chi connectivity index (χ1v) is 7.54. The first-order chi connectivity index (χ1) is 9.77. The van der Waals surface area contributed by atoms with E-state index >= 15 is 0 Å². The number of esters is 1. The second kappa shape index (κ2) is 7.04. The van der Waals surface area contributed by atoms with Crippen molar-refractivity contribution >= 4 is 27.6 Å². The van der Waals surface area contributed by atoms with Crippen LogP contribution in [0.3, 0.4) is 0 Å². The van der Waals surface area contributed by atoms with E-state index in [0.29, 0.717) is 0 Å². The normalized spacial score (nSPS) is 11.1. The van der Waals surface area contributed by atoms with E-state index in [0.717, 1.165) is 12.1 Å². The van der Waals surface area contributed by atoms with Gasteiger partial charge in [-0.3, -0.25) is 4.79 Å². The zero-order valence-electron chi connectivity index (χ0n) is 11.3. The van der Waals surface area contributed by atoms with E-state index in [9.17, 15) is 18.0 Å². The fraction of sp³-hybridized carbons (Fsp3) is 0.333. The summed E-state index contributed by atoms with van der Waals surface area (Å²) in [5.74, 6) is -1.95. The number of hydrogen-bond acceptors (Lipinski definition) is 6. The predicted molar refractivity (Wildman–Crippen MR) is 74.3 cm³/mol. The summed E-state index contributed by atoms with van der Waals surface area (Å²) in [5, 5.41) is 9.02. The third-order valence-electron chi connectivity index (χ3n) is 2.45. The van der Waals surface area contributed by atoms with Crippen molar-refractivity contribution in [2.45, 2.75) is 18.2 Å². The molecule has 4 N–H and O–H groups in total. The average Bonchev–Trinajstić information content (AvgIpc) is 2.38. The van der Waals surface area contributed by atoms with Gasteiger partial charge in [0.25, 0.3) is 0 Å². The minimum absolute atomic E-state index is 0.137. The Morgan fingerprint density at radius 3 is 2.62 bits per heavy atom. The molecule has 0 bridgehead atoms. The number of hydrogen-bond donors (Lipinski definition) is 3. The van der Waals surface area contributed by atoms with Crippen molar-refractivity contribution in [3.63, 3.8) is 0 Å². The maximum atomic E-state index is 12.0. The number of aromatic carboxylic acids is 1. The van der Waals surface area contributed by atoms with Crippen LogP contribution >= 0.6 is 0 Å². The van der Waals surface area contributed by atoms with Gasteiger partial charge in [0.05, 0.1) is 23.5 Å². The lowest BCUT2D eigenvalue weighted by molar-refractivity contribution is -0.142. The molecule has 1 aromatic rings. The minimum Gasteiger partial charge on any atom is -0.478 e. The van der Waals surface area contributed by atoms with Gasteiger partial charge in [-0.25, -0.2) is 17.9 Å². The van der Waals surface area contributed by atoms with Crippen LogP contribution in [-0.2, 0) is 19.6 Å². The number of benzene rings is 1. The van der Waals surface area contributed by atoms with Crippen molar-refractivity contribution in [1.82, 2.24) is 4.72 Å². The summed E-state index contributed by atoms with van der Waals surface area (Å²) in [4.78, 5) is 21.8. The smallest absolute Gasteiger partial charge is 0.337 e. The Hall–Kier alpha value is -2.13. The van der Waals surface area contributed by atoms with E-state index in [-0.39, 0.29) is 25.3 Å². The van der Waals surface area contributed by atoms with E-state index in [2.05, 4.69) is 9.46 Å². The summed E-state index contributed by atoms with van der Waals surface area (Å²) in [7, 11) is -4.06. The number of carbonyl (C=O) groups is 2. The quantitative estimate of drug-likeness (QED) is 0.483. The Kier molecular flexibility index (Phi) is 5.68. The molecule has 1 rings (SSSR count). The number of ether oxygens (including phenoxy) is 1. The Balaban J connectivity index is 2.88. The van der Waals surface area contributed by atoms with Crippen molar-refractivity contribution in [3.05, 3.63) is 23.8 Å². The summed E-state index contributed by atoms with van der Waals surface area (Å²) >= 11 is 0. The third-order valence-corrected chi connectivity index (χ3v) is 3.97. The molecule has 0 saturated carbocycles. The van der Waals surface area contributed by atoms with Crippen LogP contribution in [0.2, 0.25) is 0 Å². The van der Waals surface area contributed by atoms with E-state index < -0.39 is 32.4 Å². The van der Waals surface area contributed by atoms with Crippen molar-refractivity contribution in [3.8, 4) is 0 Å². The number of rotatable bonds is 7. The largest absolute Gasteiger partial charge is 0.478 e. The fourth-order valence-electron chi connectivity index (χ4n) is 1.55. The molecule has 0 spiro atoms. The molecule has 0 fully saturated rings. The lowest BCUT2D eigenvalue weighted by Gasteiger charge is -2.09. The molecule has 21 heavy (non-hydrogen) atoms. The monoisotopic (exact) mass is 316 g/mol. The van der Waals surface area contributed by atoms with Gasteiger partial charge < -0.3 is 15.6 Å². The van der Waals surface area contributed by atoms with E-state index in [1.54, 1.807) is 6.92 Å². The van der Waals surface area contributed by atoms with Crippen molar-refractivity contribution in [1.29, 1.82) is 0 Å². The van der Waals surface area contributed by atoms with Crippen molar-refractivity contribution < 1.29 is 27.9 Å². The predicted octanol–water partition coefficient (Wildman–Crippen LogP) is 0.198. The molecule has 1 aromatic carbocycles. The number of carbonyl (C=O) groups excluding carboxylic acids is 1.